The first kappa shape index (κ1) is 21.9. The summed E-state index contributed by atoms with van der Waals surface area (Å²) in [5.41, 5.74) is 0. The summed E-state index contributed by atoms with van der Waals surface area (Å²) in [6.45, 7) is 5.76. The van der Waals surface area contributed by atoms with Crippen LogP contribution in [0.3, 0.4) is 0 Å². The lowest BCUT2D eigenvalue weighted by molar-refractivity contribution is -0.00249. The van der Waals surface area contributed by atoms with Crippen LogP contribution in [0.1, 0.15) is 77.0 Å². The van der Waals surface area contributed by atoms with E-state index in [4.69, 9.17) is 18.9 Å². The molecule has 0 aromatic rings. The summed E-state index contributed by atoms with van der Waals surface area (Å²) in [6, 6.07) is 0. The minimum Gasteiger partial charge on any atom is -0.379 e. The Morgan fingerprint density at radius 1 is 0.208 bits per heavy atom. The van der Waals surface area contributed by atoms with Gasteiger partial charge in [0.25, 0.3) is 0 Å². The maximum absolute atomic E-state index is 5.59. The molecular formula is C20H40O4. The zero-order valence-corrected chi connectivity index (χ0v) is 15.8. The third kappa shape index (κ3) is 16.7. The van der Waals surface area contributed by atoms with Crippen LogP contribution in [0, 0.1) is 0 Å². The van der Waals surface area contributed by atoms with Crippen molar-refractivity contribution in [3.05, 3.63) is 0 Å². The van der Waals surface area contributed by atoms with Crippen molar-refractivity contribution in [3.8, 4) is 0 Å². The molecule has 1 fully saturated rings. The summed E-state index contributed by atoms with van der Waals surface area (Å²) < 4.78 is 22.1. The third-order valence-electron chi connectivity index (χ3n) is 4.44. The molecule has 4 nitrogen and oxygen atoms in total. The Kier molecular flexibility index (Phi) is 17.5. The van der Waals surface area contributed by atoms with Gasteiger partial charge < -0.3 is 18.9 Å². The molecule has 4 heteroatoms. The molecule has 1 aliphatic heterocycles. The van der Waals surface area contributed by atoms with Gasteiger partial charge >= 0.3 is 0 Å². The third-order valence-corrected chi connectivity index (χ3v) is 4.44. The minimum absolute atomic E-state index is 0.642. The summed E-state index contributed by atoms with van der Waals surface area (Å²) in [5, 5.41) is 0. The van der Waals surface area contributed by atoms with Gasteiger partial charge in [0.05, 0.1) is 39.6 Å². The zero-order valence-electron chi connectivity index (χ0n) is 15.8. The molecule has 0 amide bonds. The highest BCUT2D eigenvalue weighted by Gasteiger charge is 1.96. The van der Waals surface area contributed by atoms with Gasteiger partial charge in [0, 0.05) is 13.2 Å². The largest absolute Gasteiger partial charge is 0.379 e. The second-order valence-electron chi connectivity index (χ2n) is 6.69. The molecule has 0 unspecified atom stereocenters. The summed E-state index contributed by atoms with van der Waals surface area (Å²) in [4.78, 5) is 0. The van der Waals surface area contributed by atoms with Crippen LogP contribution < -0.4 is 0 Å². The van der Waals surface area contributed by atoms with E-state index in [-0.39, 0.29) is 0 Å². The molecule has 0 aromatic carbocycles. The van der Waals surface area contributed by atoms with Crippen LogP contribution in [-0.2, 0) is 18.9 Å². The molecule has 24 heavy (non-hydrogen) atoms. The number of ether oxygens (including phenoxy) is 4. The smallest absolute Gasteiger partial charge is 0.0701 e. The SMILES string of the molecule is C1CCCCCCCOCCOCCOCCOCCCCCC1. The predicted octanol–water partition coefficient (Wildman–Crippen LogP) is 4.75. The van der Waals surface area contributed by atoms with Crippen molar-refractivity contribution < 1.29 is 18.9 Å². The normalized spacial score (nSPS) is 24.0. The standard InChI is InChI=1S/C20H40O4/c1-2-4-6-8-10-12-14-22-16-18-24-20-19-23-17-15-21-13-11-9-7-5-3-1/h1-20H2. The summed E-state index contributed by atoms with van der Waals surface area (Å²) >= 11 is 0. The van der Waals surface area contributed by atoms with Crippen molar-refractivity contribution in [1.82, 2.24) is 0 Å². The molecule has 0 radical (unpaired) electrons. The lowest BCUT2D eigenvalue weighted by Crippen LogP contribution is -2.12. The predicted molar refractivity (Wildman–Crippen MR) is 98.7 cm³/mol. The van der Waals surface area contributed by atoms with Gasteiger partial charge in [-0.3, -0.25) is 0 Å². The fraction of sp³-hybridized carbons (Fsp3) is 1.00. The van der Waals surface area contributed by atoms with Crippen molar-refractivity contribution in [1.29, 1.82) is 0 Å². The van der Waals surface area contributed by atoms with Crippen LogP contribution in [0.5, 0.6) is 0 Å². The van der Waals surface area contributed by atoms with Crippen molar-refractivity contribution in [2.75, 3.05) is 52.9 Å². The lowest BCUT2D eigenvalue weighted by atomic mass is 10.1. The Labute approximate surface area is 149 Å². The molecule has 1 aliphatic rings. The Morgan fingerprint density at radius 2 is 0.417 bits per heavy atom. The average molecular weight is 345 g/mol. The molecule has 0 bridgehead atoms. The minimum atomic E-state index is 0.642. The fourth-order valence-electron chi connectivity index (χ4n) is 2.94. The van der Waals surface area contributed by atoms with Gasteiger partial charge in [-0.25, -0.2) is 0 Å². The summed E-state index contributed by atoms with van der Waals surface area (Å²) in [5.74, 6) is 0. The molecule has 0 saturated carbocycles. The molecule has 1 rings (SSSR count). The molecule has 144 valence electrons. The van der Waals surface area contributed by atoms with Crippen molar-refractivity contribution in [3.63, 3.8) is 0 Å². The van der Waals surface area contributed by atoms with Crippen LogP contribution in [0.15, 0.2) is 0 Å². The summed E-state index contributed by atoms with van der Waals surface area (Å²) in [6.07, 6.45) is 16.1. The molecule has 0 spiro atoms. The molecule has 1 saturated heterocycles. The van der Waals surface area contributed by atoms with Crippen molar-refractivity contribution in [2.24, 2.45) is 0 Å². The Balaban J connectivity index is 2.00. The Hall–Kier alpha value is -0.160. The maximum atomic E-state index is 5.59. The molecular weight excluding hydrogens is 304 g/mol. The van der Waals surface area contributed by atoms with Gasteiger partial charge in [0.15, 0.2) is 0 Å². The van der Waals surface area contributed by atoms with E-state index in [1.807, 2.05) is 0 Å². The number of hydrogen-bond acceptors (Lipinski definition) is 4. The fourth-order valence-corrected chi connectivity index (χ4v) is 2.94. The first-order valence-corrected chi connectivity index (χ1v) is 10.3. The van der Waals surface area contributed by atoms with Gasteiger partial charge in [-0.05, 0) is 12.8 Å². The van der Waals surface area contributed by atoms with E-state index in [2.05, 4.69) is 0 Å². The van der Waals surface area contributed by atoms with Crippen LogP contribution in [-0.4, -0.2) is 52.9 Å². The van der Waals surface area contributed by atoms with E-state index < -0.39 is 0 Å². The van der Waals surface area contributed by atoms with E-state index in [1.54, 1.807) is 0 Å². The number of rotatable bonds is 0. The van der Waals surface area contributed by atoms with E-state index >= 15 is 0 Å². The van der Waals surface area contributed by atoms with Gasteiger partial charge in [-0.15, -0.1) is 0 Å². The zero-order chi connectivity index (χ0) is 17.0. The lowest BCUT2D eigenvalue weighted by Gasteiger charge is -2.08. The Morgan fingerprint density at radius 3 is 0.708 bits per heavy atom. The molecule has 0 aromatic heterocycles. The molecule has 1 heterocycles. The highest BCUT2D eigenvalue weighted by Crippen LogP contribution is 2.12. The first-order chi connectivity index (χ1) is 12.0. The van der Waals surface area contributed by atoms with Gasteiger partial charge in [-0.2, -0.15) is 0 Å². The van der Waals surface area contributed by atoms with E-state index in [0.29, 0.717) is 39.6 Å². The topological polar surface area (TPSA) is 36.9 Å². The quantitative estimate of drug-likeness (QED) is 0.635. The molecule has 0 atom stereocenters. The van der Waals surface area contributed by atoms with E-state index in [1.165, 1.54) is 77.0 Å². The highest BCUT2D eigenvalue weighted by molar-refractivity contribution is 4.49. The second-order valence-corrected chi connectivity index (χ2v) is 6.69. The van der Waals surface area contributed by atoms with E-state index in [0.717, 1.165) is 13.2 Å². The van der Waals surface area contributed by atoms with Gasteiger partial charge in [0.1, 0.15) is 0 Å². The van der Waals surface area contributed by atoms with Gasteiger partial charge in [0.2, 0.25) is 0 Å². The highest BCUT2D eigenvalue weighted by atomic mass is 16.6. The van der Waals surface area contributed by atoms with Crippen molar-refractivity contribution in [2.45, 2.75) is 77.0 Å². The molecule has 0 aliphatic carbocycles. The van der Waals surface area contributed by atoms with Gasteiger partial charge in [-0.1, -0.05) is 64.2 Å². The second kappa shape index (κ2) is 19.2. The summed E-state index contributed by atoms with van der Waals surface area (Å²) in [7, 11) is 0. The van der Waals surface area contributed by atoms with Crippen LogP contribution in [0.25, 0.3) is 0 Å². The Bertz CT molecular complexity index is 126. The number of hydrogen-bond donors (Lipinski definition) is 0. The average Bonchev–Trinajstić information content (AvgIpc) is 2.59. The monoisotopic (exact) mass is 344 g/mol. The van der Waals surface area contributed by atoms with Crippen LogP contribution >= 0.6 is 0 Å². The molecule has 0 N–H and O–H groups in total. The van der Waals surface area contributed by atoms with Crippen LogP contribution in [0.2, 0.25) is 0 Å². The maximum Gasteiger partial charge on any atom is 0.0701 e. The van der Waals surface area contributed by atoms with Crippen molar-refractivity contribution >= 4 is 0 Å². The van der Waals surface area contributed by atoms with E-state index in [9.17, 15) is 0 Å². The first-order valence-electron chi connectivity index (χ1n) is 10.3. The van der Waals surface area contributed by atoms with Crippen LogP contribution in [0.4, 0.5) is 0 Å².